The smallest absolute Gasteiger partial charge is 0.292 e. The molecule has 2 N–H and O–H groups in total. The summed E-state index contributed by atoms with van der Waals surface area (Å²) < 4.78 is 5.51. The molecule has 0 aromatic heterocycles. The van der Waals surface area contributed by atoms with Crippen molar-refractivity contribution in [3.05, 3.63) is 63.7 Å². The van der Waals surface area contributed by atoms with Crippen molar-refractivity contribution in [1.82, 2.24) is 0 Å². The summed E-state index contributed by atoms with van der Waals surface area (Å²) >= 11 is 0. The van der Waals surface area contributed by atoms with Gasteiger partial charge in [0.15, 0.2) is 0 Å². The third-order valence-corrected chi connectivity index (χ3v) is 2.68. The van der Waals surface area contributed by atoms with Crippen molar-refractivity contribution in [3.63, 3.8) is 0 Å². The van der Waals surface area contributed by atoms with Gasteiger partial charge in [-0.2, -0.15) is 5.26 Å². The highest BCUT2D eigenvalue weighted by atomic mass is 16.6. The van der Waals surface area contributed by atoms with Crippen LogP contribution in [0.4, 0.5) is 11.4 Å². The van der Waals surface area contributed by atoms with Gasteiger partial charge in [0.1, 0.15) is 18.0 Å². The van der Waals surface area contributed by atoms with Gasteiger partial charge in [-0.1, -0.05) is 0 Å². The lowest BCUT2D eigenvalue weighted by Gasteiger charge is -2.07. The van der Waals surface area contributed by atoms with Crippen LogP contribution in [0.1, 0.15) is 11.1 Å². The molecular formula is C14H11N3O3. The number of ether oxygens (including phenoxy) is 1. The second-order valence-electron chi connectivity index (χ2n) is 4.08. The molecule has 0 radical (unpaired) electrons. The Labute approximate surface area is 115 Å². The minimum Gasteiger partial charge on any atom is -0.489 e. The Balaban J connectivity index is 2.05. The van der Waals surface area contributed by atoms with Crippen molar-refractivity contribution in [3.8, 4) is 11.8 Å². The quantitative estimate of drug-likeness (QED) is 0.522. The Morgan fingerprint density at radius 2 is 1.95 bits per heavy atom. The Kier molecular flexibility index (Phi) is 3.82. The molecule has 6 nitrogen and oxygen atoms in total. The predicted molar refractivity (Wildman–Crippen MR) is 73.0 cm³/mol. The molecule has 100 valence electrons. The molecular weight excluding hydrogens is 258 g/mol. The highest BCUT2D eigenvalue weighted by Gasteiger charge is 2.11. The number of nitrogen functional groups attached to an aromatic ring is 1. The van der Waals surface area contributed by atoms with Gasteiger partial charge in [0.05, 0.1) is 16.6 Å². The molecule has 0 heterocycles. The molecule has 2 rings (SSSR count). The minimum absolute atomic E-state index is 0.107. The molecule has 20 heavy (non-hydrogen) atoms. The Morgan fingerprint density at radius 3 is 2.50 bits per heavy atom. The monoisotopic (exact) mass is 269 g/mol. The van der Waals surface area contributed by atoms with Gasteiger partial charge in [0, 0.05) is 6.07 Å². The van der Waals surface area contributed by atoms with Gasteiger partial charge in [-0.25, -0.2) is 0 Å². The Morgan fingerprint density at radius 1 is 1.25 bits per heavy atom. The van der Waals surface area contributed by atoms with Gasteiger partial charge in [0.25, 0.3) is 5.69 Å². The summed E-state index contributed by atoms with van der Waals surface area (Å²) in [4.78, 5) is 10.1. The van der Waals surface area contributed by atoms with E-state index in [-0.39, 0.29) is 18.0 Å². The summed E-state index contributed by atoms with van der Waals surface area (Å²) in [6, 6.07) is 13.2. The zero-order chi connectivity index (χ0) is 14.5. The number of nitro groups is 1. The summed E-state index contributed by atoms with van der Waals surface area (Å²) in [7, 11) is 0. The third kappa shape index (κ3) is 3.03. The van der Waals surface area contributed by atoms with Gasteiger partial charge < -0.3 is 10.5 Å². The van der Waals surface area contributed by atoms with Gasteiger partial charge in [-0.05, 0) is 42.0 Å². The highest BCUT2D eigenvalue weighted by Crippen LogP contribution is 2.23. The lowest BCUT2D eigenvalue weighted by molar-refractivity contribution is -0.383. The number of nitrogens with zero attached hydrogens (tertiary/aromatic N) is 2. The van der Waals surface area contributed by atoms with Crippen LogP contribution in [0.5, 0.6) is 5.75 Å². The van der Waals surface area contributed by atoms with Crippen LogP contribution in [-0.4, -0.2) is 4.92 Å². The van der Waals surface area contributed by atoms with E-state index in [0.29, 0.717) is 11.3 Å². The average molecular weight is 269 g/mol. The number of nitriles is 1. The van der Waals surface area contributed by atoms with E-state index >= 15 is 0 Å². The molecule has 0 fully saturated rings. The maximum absolute atomic E-state index is 10.6. The zero-order valence-corrected chi connectivity index (χ0v) is 10.4. The van der Waals surface area contributed by atoms with Crippen LogP contribution >= 0.6 is 0 Å². The fourth-order valence-electron chi connectivity index (χ4n) is 1.65. The lowest BCUT2D eigenvalue weighted by Crippen LogP contribution is -2.00. The van der Waals surface area contributed by atoms with Crippen LogP contribution in [0.2, 0.25) is 0 Å². The summed E-state index contributed by atoms with van der Waals surface area (Å²) in [5.41, 5.74) is 6.87. The molecule has 2 aromatic carbocycles. The number of hydrogen-bond donors (Lipinski definition) is 1. The van der Waals surface area contributed by atoms with Crippen molar-refractivity contribution in [2.75, 3.05) is 5.73 Å². The second-order valence-corrected chi connectivity index (χ2v) is 4.08. The number of anilines is 1. The number of hydrogen-bond acceptors (Lipinski definition) is 5. The van der Waals surface area contributed by atoms with Crippen LogP contribution in [-0.2, 0) is 6.61 Å². The minimum atomic E-state index is -0.527. The van der Waals surface area contributed by atoms with Crippen LogP contribution in [0, 0.1) is 21.4 Å². The number of benzene rings is 2. The molecule has 0 bridgehead atoms. The van der Waals surface area contributed by atoms with Gasteiger partial charge in [-0.15, -0.1) is 0 Å². The van der Waals surface area contributed by atoms with E-state index in [9.17, 15) is 10.1 Å². The summed E-state index contributed by atoms with van der Waals surface area (Å²) in [5, 5.41) is 19.3. The Bertz CT molecular complexity index is 675. The molecule has 0 atom stereocenters. The molecule has 0 saturated carbocycles. The number of nitro benzene ring substituents is 1. The summed E-state index contributed by atoms with van der Waals surface area (Å²) in [5.74, 6) is 0.612. The van der Waals surface area contributed by atoms with E-state index in [4.69, 9.17) is 15.7 Å². The maximum atomic E-state index is 10.6. The van der Waals surface area contributed by atoms with Gasteiger partial charge in [-0.3, -0.25) is 10.1 Å². The number of nitrogens with two attached hydrogens (primary N) is 1. The van der Waals surface area contributed by atoms with Crippen molar-refractivity contribution in [2.24, 2.45) is 0 Å². The second kappa shape index (κ2) is 5.71. The fourth-order valence-corrected chi connectivity index (χ4v) is 1.65. The molecule has 2 aromatic rings. The van der Waals surface area contributed by atoms with Crippen LogP contribution < -0.4 is 10.5 Å². The first-order valence-corrected chi connectivity index (χ1v) is 5.76. The van der Waals surface area contributed by atoms with Crippen molar-refractivity contribution >= 4 is 11.4 Å². The van der Waals surface area contributed by atoms with E-state index in [2.05, 4.69) is 0 Å². The highest BCUT2D eigenvalue weighted by molar-refractivity contribution is 5.59. The third-order valence-electron chi connectivity index (χ3n) is 2.68. The van der Waals surface area contributed by atoms with E-state index in [0.717, 1.165) is 5.56 Å². The molecule has 0 aliphatic heterocycles. The normalized spacial score (nSPS) is 9.75. The molecule has 0 aliphatic carbocycles. The van der Waals surface area contributed by atoms with Gasteiger partial charge >= 0.3 is 0 Å². The standard InChI is InChI=1S/C14H11N3O3/c15-8-10-1-4-12(5-2-10)20-9-11-3-6-14(17(18)19)13(16)7-11/h1-7H,9,16H2. The summed E-state index contributed by atoms with van der Waals surface area (Å²) in [6.45, 7) is 0.244. The van der Waals surface area contributed by atoms with E-state index < -0.39 is 4.92 Å². The molecule has 0 amide bonds. The SMILES string of the molecule is N#Cc1ccc(OCc2ccc([N+](=O)[O-])c(N)c2)cc1. The first kappa shape index (κ1) is 13.4. The largest absolute Gasteiger partial charge is 0.489 e. The molecule has 6 heteroatoms. The van der Waals surface area contributed by atoms with E-state index in [1.54, 1.807) is 30.3 Å². The van der Waals surface area contributed by atoms with Crippen LogP contribution in [0.3, 0.4) is 0 Å². The van der Waals surface area contributed by atoms with Crippen LogP contribution in [0.15, 0.2) is 42.5 Å². The average Bonchev–Trinajstić information content (AvgIpc) is 2.45. The molecule has 0 aliphatic rings. The van der Waals surface area contributed by atoms with Crippen LogP contribution in [0.25, 0.3) is 0 Å². The summed E-state index contributed by atoms with van der Waals surface area (Å²) in [6.07, 6.45) is 0. The van der Waals surface area contributed by atoms with Gasteiger partial charge in [0.2, 0.25) is 0 Å². The van der Waals surface area contributed by atoms with Crippen molar-refractivity contribution in [1.29, 1.82) is 5.26 Å². The van der Waals surface area contributed by atoms with Crippen molar-refractivity contribution in [2.45, 2.75) is 6.61 Å². The lowest BCUT2D eigenvalue weighted by atomic mass is 10.2. The maximum Gasteiger partial charge on any atom is 0.292 e. The first-order valence-electron chi connectivity index (χ1n) is 5.76. The zero-order valence-electron chi connectivity index (χ0n) is 10.4. The van der Waals surface area contributed by atoms with E-state index in [1.165, 1.54) is 12.1 Å². The molecule has 0 saturated heterocycles. The van der Waals surface area contributed by atoms with E-state index in [1.807, 2.05) is 6.07 Å². The first-order chi connectivity index (χ1) is 9.60. The Hall–Kier alpha value is -3.07. The number of rotatable bonds is 4. The topological polar surface area (TPSA) is 102 Å². The van der Waals surface area contributed by atoms with Crippen molar-refractivity contribution < 1.29 is 9.66 Å². The fraction of sp³-hybridized carbons (Fsp3) is 0.0714. The molecule has 0 spiro atoms. The predicted octanol–water partition coefficient (Wildman–Crippen LogP) is 2.63. The molecule has 0 unspecified atom stereocenters.